The molecule has 23 heavy (non-hydrogen) atoms. The molecule has 2 aliphatic rings. The first-order valence-electron chi connectivity index (χ1n) is 8.08. The van der Waals surface area contributed by atoms with Gasteiger partial charge in [0.25, 0.3) is 0 Å². The lowest BCUT2D eigenvalue weighted by Crippen LogP contribution is -2.24. The molecule has 4 rings (SSSR count). The molecule has 2 fully saturated rings. The molecule has 3 heterocycles. The van der Waals surface area contributed by atoms with Gasteiger partial charge in [-0.25, -0.2) is 4.79 Å². The summed E-state index contributed by atoms with van der Waals surface area (Å²) in [6.07, 6.45) is 0.939. The zero-order valence-electron chi connectivity index (χ0n) is 13.1. The number of hydrogen-bond acceptors (Lipinski definition) is 5. The van der Waals surface area contributed by atoms with Gasteiger partial charge in [-0.05, 0) is 29.7 Å². The van der Waals surface area contributed by atoms with E-state index in [0.717, 1.165) is 23.9 Å². The van der Waals surface area contributed by atoms with E-state index in [9.17, 15) is 9.59 Å². The Hall–Kier alpha value is -2.14. The van der Waals surface area contributed by atoms with Gasteiger partial charge in [0.2, 0.25) is 0 Å². The van der Waals surface area contributed by atoms with Crippen molar-refractivity contribution >= 4 is 16.9 Å². The Kier molecular flexibility index (Phi) is 3.45. The van der Waals surface area contributed by atoms with E-state index in [-0.39, 0.29) is 17.5 Å². The number of carbonyl (C=O) groups is 1. The summed E-state index contributed by atoms with van der Waals surface area (Å²) < 4.78 is 10.4. The average molecular weight is 313 g/mol. The Morgan fingerprint density at radius 1 is 1.22 bits per heavy atom. The van der Waals surface area contributed by atoms with Crippen LogP contribution in [-0.4, -0.2) is 30.6 Å². The van der Waals surface area contributed by atoms with Crippen LogP contribution in [0.25, 0.3) is 11.0 Å². The van der Waals surface area contributed by atoms with Crippen LogP contribution in [0, 0.1) is 11.8 Å². The maximum atomic E-state index is 11.8. The molecule has 2 atom stereocenters. The van der Waals surface area contributed by atoms with Gasteiger partial charge in [-0.2, -0.15) is 0 Å². The van der Waals surface area contributed by atoms with Gasteiger partial charge in [0.1, 0.15) is 5.58 Å². The normalized spacial score (nSPS) is 24.1. The van der Waals surface area contributed by atoms with E-state index in [1.54, 1.807) is 6.07 Å². The topological polar surface area (TPSA) is 59.8 Å². The van der Waals surface area contributed by atoms with Crippen molar-refractivity contribution in [3.63, 3.8) is 0 Å². The van der Waals surface area contributed by atoms with Crippen molar-refractivity contribution in [3.05, 3.63) is 45.8 Å². The number of aryl methyl sites for hydroxylation is 1. The second-order valence-corrected chi connectivity index (χ2v) is 6.47. The lowest BCUT2D eigenvalue weighted by molar-refractivity contribution is -0.141. The second-order valence-electron chi connectivity index (χ2n) is 6.47. The van der Waals surface area contributed by atoms with Gasteiger partial charge >= 0.3 is 11.6 Å². The molecule has 1 aromatic heterocycles. The number of ether oxygens (including phenoxy) is 1. The number of cyclic esters (lactones) is 1. The summed E-state index contributed by atoms with van der Waals surface area (Å²) in [7, 11) is 0. The molecule has 0 amide bonds. The lowest BCUT2D eigenvalue weighted by Gasteiger charge is -2.17. The Morgan fingerprint density at radius 3 is 2.87 bits per heavy atom. The molecule has 120 valence electrons. The zero-order chi connectivity index (χ0) is 16.0. The summed E-state index contributed by atoms with van der Waals surface area (Å²) in [6, 6.07) is 7.54. The minimum atomic E-state index is -0.324. The maximum Gasteiger partial charge on any atom is 0.336 e. The van der Waals surface area contributed by atoms with Crippen molar-refractivity contribution in [1.82, 2.24) is 4.90 Å². The van der Waals surface area contributed by atoms with E-state index in [2.05, 4.69) is 17.9 Å². The van der Waals surface area contributed by atoms with Crippen LogP contribution in [0.2, 0.25) is 0 Å². The van der Waals surface area contributed by atoms with Crippen LogP contribution in [0.15, 0.2) is 33.5 Å². The van der Waals surface area contributed by atoms with Crippen LogP contribution in [-0.2, 0) is 22.5 Å². The first-order chi connectivity index (χ1) is 11.1. The number of rotatable bonds is 3. The van der Waals surface area contributed by atoms with E-state index >= 15 is 0 Å². The van der Waals surface area contributed by atoms with E-state index in [0.29, 0.717) is 31.2 Å². The largest absolute Gasteiger partial charge is 0.465 e. The second kappa shape index (κ2) is 5.49. The predicted molar refractivity (Wildman–Crippen MR) is 85.1 cm³/mol. The highest BCUT2D eigenvalue weighted by molar-refractivity contribution is 5.81. The van der Waals surface area contributed by atoms with Crippen molar-refractivity contribution in [2.75, 3.05) is 19.7 Å². The number of nitrogens with zero attached hydrogens (tertiary/aromatic N) is 1. The van der Waals surface area contributed by atoms with E-state index in [1.807, 2.05) is 12.1 Å². The zero-order valence-corrected chi connectivity index (χ0v) is 13.1. The first kappa shape index (κ1) is 14.5. The van der Waals surface area contributed by atoms with Gasteiger partial charge in [-0.1, -0.05) is 13.0 Å². The highest BCUT2D eigenvalue weighted by Crippen LogP contribution is 2.32. The van der Waals surface area contributed by atoms with Crippen molar-refractivity contribution in [1.29, 1.82) is 0 Å². The molecule has 5 heteroatoms. The third-order valence-corrected chi connectivity index (χ3v) is 4.95. The molecular weight excluding hydrogens is 294 g/mol. The SMILES string of the molecule is CCc1ccc2oc(=O)cc(CN3C[C@@H]4COC(=O)[C@@H]4C3)c2c1. The summed E-state index contributed by atoms with van der Waals surface area (Å²) in [5.41, 5.74) is 2.49. The number of benzene rings is 1. The van der Waals surface area contributed by atoms with Gasteiger partial charge in [-0.15, -0.1) is 0 Å². The molecule has 0 radical (unpaired) electrons. The molecular formula is C18H19NO4. The summed E-state index contributed by atoms with van der Waals surface area (Å²) >= 11 is 0. The van der Waals surface area contributed by atoms with Crippen molar-refractivity contribution in [2.45, 2.75) is 19.9 Å². The molecule has 2 aliphatic heterocycles. The van der Waals surface area contributed by atoms with Gasteiger partial charge in [0, 0.05) is 37.0 Å². The molecule has 0 spiro atoms. The predicted octanol–water partition coefficient (Wildman–Crippen LogP) is 1.96. The van der Waals surface area contributed by atoms with Crippen LogP contribution < -0.4 is 5.63 Å². The monoisotopic (exact) mass is 313 g/mol. The standard InChI is InChI=1S/C18H19NO4/c1-2-11-3-4-16-14(5-11)12(6-17(20)23-16)7-19-8-13-10-22-18(21)15(13)9-19/h3-6,13,15H,2,7-10H2,1H3/t13-,15-/m1/s1. The van der Waals surface area contributed by atoms with E-state index in [4.69, 9.17) is 9.15 Å². The average Bonchev–Trinajstić information content (AvgIpc) is 3.09. The van der Waals surface area contributed by atoms with Crippen LogP contribution >= 0.6 is 0 Å². The lowest BCUT2D eigenvalue weighted by atomic mass is 10.0. The first-order valence-corrected chi connectivity index (χ1v) is 8.08. The maximum absolute atomic E-state index is 11.8. The van der Waals surface area contributed by atoms with E-state index < -0.39 is 0 Å². The summed E-state index contributed by atoms with van der Waals surface area (Å²) in [4.78, 5) is 25.7. The van der Waals surface area contributed by atoms with Gasteiger partial charge in [0.05, 0.1) is 12.5 Å². The third kappa shape index (κ3) is 2.55. The molecule has 2 aromatic rings. The number of likely N-dealkylation sites (tertiary alicyclic amines) is 1. The van der Waals surface area contributed by atoms with Gasteiger partial charge in [0.15, 0.2) is 0 Å². The fourth-order valence-electron chi connectivity index (χ4n) is 3.69. The van der Waals surface area contributed by atoms with Crippen molar-refractivity contribution in [3.8, 4) is 0 Å². The van der Waals surface area contributed by atoms with Gasteiger partial charge < -0.3 is 9.15 Å². The van der Waals surface area contributed by atoms with Crippen molar-refractivity contribution < 1.29 is 13.9 Å². The number of hydrogen-bond donors (Lipinski definition) is 0. The highest BCUT2D eigenvalue weighted by atomic mass is 16.5. The third-order valence-electron chi connectivity index (χ3n) is 4.95. The molecule has 2 saturated heterocycles. The quantitative estimate of drug-likeness (QED) is 0.640. The van der Waals surface area contributed by atoms with Crippen LogP contribution in [0.4, 0.5) is 0 Å². The molecule has 0 N–H and O–H groups in total. The minimum absolute atomic E-state index is 0.00686. The molecule has 0 saturated carbocycles. The summed E-state index contributed by atoms with van der Waals surface area (Å²) in [6.45, 7) is 4.84. The highest BCUT2D eigenvalue weighted by Gasteiger charge is 2.43. The Labute approximate surface area is 133 Å². The molecule has 0 unspecified atom stereocenters. The van der Waals surface area contributed by atoms with Crippen molar-refractivity contribution in [2.24, 2.45) is 11.8 Å². The van der Waals surface area contributed by atoms with Crippen LogP contribution in [0.5, 0.6) is 0 Å². The fourth-order valence-corrected chi connectivity index (χ4v) is 3.69. The minimum Gasteiger partial charge on any atom is -0.465 e. The molecule has 1 aromatic carbocycles. The van der Waals surface area contributed by atoms with Gasteiger partial charge in [-0.3, -0.25) is 9.69 Å². The fraction of sp³-hybridized carbons (Fsp3) is 0.444. The smallest absolute Gasteiger partial charge is 0.336 e. The molecule has 0 aliphatic carbocycles. The van der Waals surface area contributed by atoms with Crippen LogP contribution in [0.1, 0.15) is 18.1 Å². The molecule has 5 nitrogen and oxygen atoms in total. The Balaban J connectivity index is 1.66. The molecule has 0 bridgehead atoms. The summed E-state index contributed by atoms with van der Waals surface area (Å²) in [5, 5.41) is 0.989. The summed E-state index contributed by atoms with van der Waals surface area (Å²) in [5.74, 6) is 0.205. The Bertz CT molecular complexity index is 825. The van der Waals surface area contributed by atoms with E-state index in [1.165, 1.54) is 5.56 Å². The number of esters is 1. The number of carbonyl (C=O) groups excluding carboxylic acids is 1. The number of fused-ring (bicyclic) bond motifs is 2. The Morgan fingerprint density at radius 2 is 2.09 bits per heavy atom. The van der Waals surface area contributed by atoms with Crippen LogP contribution in [0.3, 0.4) is 0 Å².